The Hall–Kier alpha value is -3.83. The van der Waals surface area contributed by atoms with E-state index >= 15 is 0 Å². The molecule has 39 heavy (non-hydrogen) atoms. The van der Waals surface area contributed by atoms with Crippen molar-refractivity contribution in [1.82, 2.24) is 20.0 Å². The van der Waals surface area contributed by atoms with Gasteiger partial charge in [0.05, 0.1) is 16.4 Å². The number of hydrogen-bond donors (Lipinski definition) is 1. The van der Waals surface area contributed by atoms with Crippen molar-refractivity contribution in [2.75, 3.05) is 20.1 Å². The second-order valence-corrected chi connectivity index (χ2v) is 10.7. The molecule has 0 bridgehead atoms. The van der Waals surface area contributed by atoms with E-state index in [4.69, 9.17) is 0 Å². The minimum Gasteiger partial charge on any atom is -0.375 e. The average molecular weight is 582 g/mol. The van der Waals surface area contributed by atoms with Crippen LogP contribution in [0.3, 0.4) is 0 Å². The third-order valence-corrected chi connectivity index (χ3v) is 7.76. The molecule has 4 aromatic rings. The predicted molar refractivity (Wildman–Crippen MR) is 169 cm³/mol. The van der Waals surface area contributed by atoms with E-state index in [1.54, 1.807) is 0 Å². The molecule has 0 radical (unpaired) electrons. The Kier molecular flexibility index (Phi) is 9.61. The van der Waals surface area contributed by atoms with Gasteiger partial charge in [0.25, 0.3) is 0 Å². The number of aryl methyl sites for hydroxylation is 1. The number of halogens is 1. The lowest BCUT2D eigenvalue weighted by atomic mass is 9.98. The molecule has 5 heteroatoms. The van der Waals surface area contributed by atoms with E-state index in [1.807, 2.05) is 29.9 Å². The monoisotopic (exact) mass is 580 g/mol. The fourth-order valence-electron chi connectivity index (χ4n) is 4.64. The summed E-state index contributed by atoms with van der Waals surface area (Å²) < 4.78 is 2.90. The summed E-state index contributed by atoms with van der Waals surface area (Å²) in [5.41, 5.74) is 9.14. The van der Waals surface area contributed by atoms with Gasteiger partial charge in [-0.25, -0.2) is 4.68 Å². The lowest BCUT2D eigenvalue weighted by molar-refractivity contribution is 0.463. The summed E-state index contributed by atoms with van der Waals surface area (Å²) in [6.45, 7) is 14.6. The molecule has 0 aliphatic carbocycles. The molecular weight excluding hydrogens is 544 g/mol. The molecule has 0 saturated carbocycles. The predicted octanol–water partition coefficient (Wildman–Crippen LogP) is 7.95. The van der Waals surface area contributed by atoms with Crippen molar-refractivity contribution in [1.29, 1.82) is 0 Å². The lowest BCUT2D eigenvalue weighted by Gasteiger charge is -2.24. The highest BCUT2D eigenvalue weighted by molar-refractivity contribution is 9.10. The van der Waals surface area contributed by atoms with Crippen molar-refractivity contribution in [3.05, 3.63) is 142 Å². The Balaban J connectivity index is 1.42. The summed E-state index contributed by atoms with van der Waals surface area (Å²) in [5.74, 6) is 0.904. The van der Waals surface area contributed by atoms with Crippen LogP contribution in [0, 0.1) is 13.8 Å². The average Bonchev–Trinajstić information content (AvgIpc) is 3.28. The van der Waals surface area contributed by atoms with Gasteiger partial charge in [-0.3, -0.25) is 0 Å². The molecule has 4 nitrogen and oxygen atoms in total. The van der Waals surface area contributed by atoms with Crippen molar-refractivity contribution >= 4 is 33.0 Å². The minimum atomic E-state index is 0.785. The number of hydrogen-bond acceptors (Lipinski definition) is 3. The Morgan fingerprint density at radius 2 is 1.62 bits per heavy atom. The zero-order chi connectivity index (χ0) is 27.8. The number of nitrogens with zero attached hydrogens (tertiary/aromatic N) is 3. The maximum Gasteiger partial charge on any atom is 0.128 e. The number of rotatable bonds is 12. The zero-order valence-corrected chi connectivity index (χ0v) is 24.7. The molecule has 0 aliphatic rings. The molecule has 0 atom stereocenters. The highest BCUT2D eigenvalue weighted by atomic mass is 79.9. The van der Waals surface area contributed by atoms with Gasteiger partial charge in [-0.1, -0.05) is 92.0 Å². The van der Waals surface area contributed by atoms with E-state index < -0.39 is 0 Å². The van der Waals surface area contributed by atoms with Gasteiger partial charge >= 0.3 is 0 Å². The summed E-state index contributed by atoms with van der Waals surface area (Å²) in [7, 11) is 2.12. The number of nitrogens with one attached hydrogen (secondary N) is 1. The molecular formula is C34H37BrN4. The highest BCUT2D eigenvalue weighted by Crippen LogP contribution is 2.24. The lowest BCUT2D eigenvalue weighted by Crippen LogP contribution is -2.25. The maximum atomic E-state index is 4.58. The first-order valence-electron chi connectivity index (χ1n) is 13.3. The van der Waals surface area contributed by atoms with E-state index in [2.05, 4.69) is 131 Å². The first-order valence-corrected chi connectivity index (χ1v) is 14.1. The van der Waals surface area contributed by atoms with Gasteiger partial charge in [-0.05, 0) is 76.5 Å². The summed E-state index contributed by atoms with van der Waals surface area (Å²) >= 11 is 3.60. The summed E-state index contributed by atoms with van der Waals surface area (Å²) in [5, 5.41) is 8.20. The van der Waals surface area contributed by atoms with Crippen LogP contribution < -0.4 is 5.32 Å². The third kappa shape index (κ3) is 7.18. The van der Waals surface area contributed by atoms with Crippen molar-refractivity contribution < 1.29 is 0 Å². The van der Waals surface area contributed by atoms with E-state index in [1.165, 1.54) is 22.3 Å². The Labute approximate surface area is 241 Å². The number of allylic oxidation sites excluding steroid dienone is 2. The van der Waals surface area contributed by atoms with Crippen LogP contribution >= 0.6 is 15.9 Å². The molecule has 4 rings (SSSR count). The second-order valence-electron chi connectivity index (χ2n) is 9.83. The smallest absolute Gasteiger partial charge is 0.128 e. The molecule has 0 aliphatic heterocycles. The molecule has 0 saturated heterocycles. The van der Waals surface area contributed by atoms with Gasteiger partial charge in [-0.2, -0.15) is 5.10 Å². The standard InChI is InChI=1S/C34H37BrN4/c1-25-14-9-11-18-31(25)26(2)22-34(39-28(4)33(35)24-37-39)36-20-13-21-38(5)27(3)32-19-12-10-17-30(32)23-29-15-7-6-8-16-29/h6-12,14-19,22,24,36H,2-3,13,20-21,23H2,1,4-5H3/b34-22-. The van der Waals surface area contributed by atoms with Crippen molar-refractivity contribution in [2.45, 2.75) is 26.7 Å². The molecule has 1 aromatic heterocycles. The van der Waals surface area contributed by atoms with Crippen LogP contribution in [0.2, 0.25) is 0 Å². The molecule has 0 fully saturated rings. The zero-order valence-electron chi connectivity index (χ0n) is 23.1. The first kappa shape index (κ1) is 28.2. The van der Waals surface area contributed by atoms with Crippen LogP contribution in [0.5, 0.6) is 0 Å². The van der Waals surface area contributed by atoms with E-state index in [0.717, 1.165) is 58.8 Å². The van der Waals surface area contributed by atoms with Crippen LogP contribution in [0.15, 0.2) is 109 Å². The maximum absolute atomic E-state index is 4.58. The number of aromatic nitrogens is 2. The quantitative estimate of drug-likeness (QED) is 0.136. The third-order valence-electron chi connectivity index (χ3n) is 6.98. The van der Waals surface area contributed by atoms with Crippen molar-refractivity contribution in [3.8, 4) is 0 Å². The van der Waals surface area contributed by atoms with Gasteiger partial charge in [0.15, 0.2) is 0 Å². The summed E-state index contributed by atoms with van der Waals surface area (Å²) in [6.07, 6.45) is 5.73. The van der Waals surface area contributed by atoms with Crippen LogP contribution in [-0.4, -0.2) is 34.8 Å². The second kappa shape index (κ2) is 13.3. The molecule has 0 unspecified atom stereocenters. The van der Waals surface area contributed by atoms with Crippen molar-refractivity contribution in [2.24, 2.45) is 0 Å². The van der Waals surface area contributed by atoms with Crippen LogP contribution in [0.4, 0.5) is 0 Å². The van der Waals surface area contributed by atoms with E-state index in [-0.39, 0.29) is 0 Å². The first-order chi connectivity index (χ1) is 18.8. The largest absolute Gasteiger partial charge is 0.375 e. The van der Waals surface area contributed by atoms with Crippen LogP contribution in [-0.2, 0) is 6.42 Å². The highest BCUT2D eigenvalue weighted by Gasteiger charge is 2.12. The Morgan fingerprint density at radius 3 is 2.31 bits per heavy atom. The summed E-state index contributed by atoms with van der Waals surface area (Å²) in [6, 6.07) is 27.5. The fourth-order valence-corrected chi connectivity index (χ4v) is 4.90. The van der Waals surface area contributed by atoms with Gasteiger partial charge < -0.3 is 10.2 Å². The van der Waals surface area contributed by atoms with Gasteiger partial charge in [0.1, 0.15) is 5.82 Å². The van der Waals surface area contributed by atoms with Gasteiger partial charge in [-0.15, -0.1) is 0 Å². The topological polar surface area (TPSA) is 33.1 Å². The van der Waals surface area contributed by atoms with E-state index in [0.29, 0.717) is 0 Å². The Morgan fingerprint density at radius 1 is 0.949 bits per heavy atom. The summed E-state index contributed by atoms with van der Waals surface area (Å²) in [4.78, 5) is 2.25. The van der Waals surface area contributed by atoms with Crippen LogP contribution in [0.1, 0.15) is 39.9 Å². The van der Waals surface area contributed by atoms with Crippen molar-refractivity contribution in [3.63, 3.8) is 0 Å². The van der Waals surface area contributed by atoms with Gasteiger partial charge in [0.2, 0.25) is 0 Å². The molecule has 200 valence electrons. The normalized spacial score (nSPS) is 11.3. The Bertz CT molecular complexity index is 1470. The molecule has 1 heterocycles. The fraction of sp³-hybridized carbons (Fsp3) is 0.206. The molecule has 3 aromatic carbocycles. The number of benzene rings is 3. The van der Waals surface area contributed by atoms with Crippen LogP contribution in [0.25, 0.3) is 17.1 Å². The SMILES string of the molecule is C=C(/C=C(/NCCCN(C)C(=C)c1ccccc1Cc1ccccc1)n1ncc(Br)c1C)c1ccccc1C. The van der Waals surface area contributed by atoms with E-state index in [9.17, 15) is 0 Å². The van der Waals surface area contributed by atoms with Gasteiger partial charge in [0, 0.05) is 31.4 Å². The molecule has 0 amide bonds. The molecule has 1 N–H and O–H groups in total. The molecule has 0 spiro atoms. The minimum absolute atomic E-state index is 0.785.